The average molecular weight is 195 g/mol. The third-order valence-electron chi connectivity index (χ3n) is 2.82. The van der Waals surface area contributed by atoms with E-state index in [2.05, 4.69) is 5.32 Å². The van der Waals surface area contributed by atoms with Crippen molar-refractivity contribution in [3.63, 3.8) is 0 Å². The summed E-state index contributed by atoms with van der Waals surface area (Å²) < 4.78 is 13.5. The van der Waals surface area contributed by atoms with Crippen LogP contribution >= 0.6 is 0 Å². The minimum Gasteiger partial charge on any atom is -0.508 e. The number of phenols is 1. The van der Waals surface area contributed by atoms with Gasteiger partial charge in [-0.3, -0.25) is 0 Å². The number of benzene rings is 1. The lowest BCUT2D eigenvalue weighted by molar-refractivity contribution is 0.462. The van der Waals surface area contributed by atoms with E-state index in [1.807, 2.05) is 0 Å². The first-order valence-electron chi connectivity index (χ1n) is 4.88. The highest BCUT2D eigenvalue weighted by Gasteiger charge is 2.20. The Morgan fingerprint density at radius 3 is 2.93 bits per heavy atom. The monoisotopic (exact) mass is 195 g/mol. The molecule has 0 saturated carbocycles. The van der Waals surface area contributed by atoms with E-state index in [4.69, 9.17) is 0 Å². The van der Waals surface area contributed by atoms with Gasteiger partial charge in [-0.2, -0.15) is 0 Å². The number of phenolic OH excluding ortho intramolecular Hbond substituents is 1. The number of halogens is 1. The van der Waals surface area contributed by atoms with Crippen molar-refractivity contribution in [1.29, 1.82) is 0 Å². The quantitative estimate of drug-likeness (QED) is 0.717. The maximum absolute atomic E-state index is 13.5. The Morgan fingerprint density at radius 1 is 1.50 bits per heavy atom. The van der Waals surface area contributed by atoms with Crippen molar-refractivity contribution < 1.29 is 9.50 Å². The summed E-state index contributed by atoms with van der Waals surface area (Å²) in [6.45, 7) is 3.58. The van der Waals surface area contributed by atoms with Crippen molar-refractivity contribution in [2.24, 2.45) is 0 Å². The SMILES string of the molecule is Cc1cc(C2CCNC2)c(F)cc1O. The summed E-state index contributed by atoms with van der Waals surface area (Å²) in [4.78, 5) is 0. The molecule has 0 spiro atoms. The molecule has 1 aromatic carbocycles. The minimum atomic E-state index is -0.290. The third-order valence-corrected chi connectivity index (χ3v) is 2.82. The lowest BCUT2D eigenvalue weighted by Gasteiger charge is -2.11. The molecule has 0 bridgehead atoms. The van der Waals surface area contributed by atoms with Crippen LogP contribution in [0.15, 0.2) is 12.1 Å². The molecule has 1 aliphatic rings. The van der Waals surface area contributed by atoms with Gasteiger partial charge in [-0.15, -0.1) is 0 Å². The van der Waals surface area contributed by atoms with Crippen molar-refractivity contribution in [2.45, 2.75) is 19.3 Å². The molecule has 3 heteroatoms. The lowest BCUT2D eigenvalue weighted by Crippen LogP contribution is -2.09. The molecule has 14 heavy (non-hydrogen) atoms. The molecule has 1 heterocycles. The van der Waals surface area contributed by atoms with Crippen LogP contribution in [0.25, 0.3) is 0 Å². The molecule has 1 saturated heterocycles. The van der Waals surface area contributed by atoms with Gasteiger partial charge in [0.15, 0.2) is 0 Å². The van der Waals surface area contributed by atoms with Crippen molar-refractivity contribution >= 4 is 0 Å². The molecule has 76 valence electrons. The van der Waals surface area contributed by atoms with Crippen LogP contribution in [-0.4, -0.2) is 18.2 Å². The average Bonchev–Trinajstić information content (AvgIpc) is 2.64. The summed E-state index contributed by atoms with van der Waals surface area (Å²) in [5.41, 5.74) is 1.47. The second kappa shape index (κ2) is 3.58. The molecule has 1 fully saturated rings. The van der Waals surface area contributed by atoms with Crippen LogP contribution in [0.4, 0.5) is 4.39 Å². The van der Waals surface area contributed by atoms with E-state index >= 15 is 0 Å². The third kappa shape index (κ3) is 1.60. The highest BCUT2D eigenvalue weighted by molar-refractivity contribution is 5.38. The summed E-state index contributed by atoms with van der Waals surface area (Å²) >= 11 is 0. The number of aromatic hydroxyl groups is 1. The zero-order chi connectivity index (χ0) is 10.1. The first-order chi connectivity index (χ1) is 6.68. The van der Waals surface area contributed by atoms with Crippen LogP contribution in [0, 0.1) is 12.7 Å². The molecule has 0 aliphatic carbocycles. The first kappa shape index (κ1) is 9.46. The van der Waals surface area contributed by atoms with Crippen LogP contribution in [0.1, 0.15) is 23.5 Å². The Balaban J connectivity index is 2.37. The predicted octanol–water partition coefficient (Wildman–Crippen LogP) is 1.92. The van der Waals surface area contributed by atoms with Gasteiger partial charge < -0.3 is 10.4 Å². The van der Waals surface area contributed by atoms with Gasteiger partial charge in [0.1, 0.15) is 11.6 Å². The largest absolute Gasteiger partial charge is 0.508 e. The van der Waals surface area contributed by atoms with Gasteiger partial charge in [0, 0.05) is 18.5 Å². The van der Waals surface area contributed by atoms with Crippen LogP contribution in [-0.2, 0) is 0 Å². The standard InChI is InChI=1S/C11H14FNO/c1-7-4-9(8-2-3-13-6-8)10(12)5-11(7)14/h4-5,8,13-14H,2-3,6H2,1H3. The molecular formula is C11H14FNO. The number of hydrogen-bond acceptors (Lipinski definition) is 2. The Bertz CT molecular complexity index is 345. The summed E-state index contributed by atoms with van der Waals surface area (Å²) in [6, 6.07) is 2.96. The van der Waals surface area contributed by atoms with Crippen molar-refractivity contribution in [2.75, 3.05) is 13.1 Å². The zero-order valence-electron chi connectivity index (χ0n) is 8.18. The van der Waals surface area contributed by atoms with Crippen LogP contribution < -0.4 is 5.32 Å². The Hall–Kier alpha value is -1.09. The lowest BCUT2D eigenvalue weighted by atomic mass is 9.96. The highest BCUT2D eigenvalue weighted by atomic mass is 19.1. The number of hydrogen-bond donors (Lipinski definition) is 2. The Labute approximate surface area is 82.8 Å². The van der Waals surface area contributed by atoms with Gasteiger partial charge in [0.2, 0.25) is 0 Å². The zero-order valence-corrected chi connectivity index (χ0v) is 8.18. The summed E-state index contributed by atoms with van der Waals surface area (Å²) in [7, 11) is 0. The molecule has 0 amide bonds. The smallest absolute Gasteiger partial charge is 0.130 e. The van der Waals surface area contributed by atoms with Crippen LogP contribution in [0.2, 0.25) is 0 Å². The molecule has 2 N–H and O–H groups in total. The van der Waals surface area contributed by atoms with E-state index in [9.17, 15) is 9.50 Å². The van der Waals surface area contributed by atoms with Crippen molar-refractivity contribution in [1.82, 2.24) is 5.32 Å². The summed E-state index contributed by atoms with van der Waals surface area (Å²) in [5, 5.41) is 12.5. The molecular weight excluding hydrogens is 181 g/mol. The Kier molecular flexibility index (Phi) is 2.42. The van der Waals surface area contributed by atoms with E-state index in [1.165, 1.54) is 6.07 Å². The Morgan fingerprint density at radius 2 is 2.29 bits per heavy atom. The topological polar surface area (TPSA) is 32.3 Å². The molecule has 0 aromatic heterocycles. The normalized spacial score (nSPS) is 21.4. The molecule has 0 radical (unpaired) electrons. The number of aryl methyl sites for hydroxylation is 1. The van der Waals surface area contributed by atoms with Crippen molar-refractivity contribution in [3.05, 3.63) is 29.1 Å². The summed E-state index contributed by atoms with van der Waals surface area (Å²) in [5.74, 6) is 0.00769. The fraction of sp³-hybridized carbons (Fsp3) is 0.455. The van der Waals surface area contributed by atoms with Gasteiger partial charge in [0.05, 0.1) is 0 Å². The second-order valence-corrected chi connectivity index (χ2v) is 3.85. The summed E-state index contributed by atoms with van der Waals surface area (Å²) in [6.07, 6.45) is 0.973. The fourth-order valence-electron chi connectivity index (χ4n) is 1.93. The van der Waals surface area contributed by atoms with Crippen LogP contribution in [0.5, 0.6) is 5.75 Å². The second-order valence-electron chi connectivity index (χ2n) is 3.85. The highest BCUT2D eigenvalue weighted by Crippen LogP contribution is 2.29. The molecule has 2 rings (SSSR count). The van der Waals surface area contributed by atoms with Crippen LogP contribution in [0.3, 0.4) is 0 Å². The van der Waals surface area contributed by atoms with E-state index in [-0.39, 0.29) is 17.5 Å². The van der Waals surface area contributed by atoms with Gasteiger partial charge in [-0.1, -0.05) is 0 Å². The maximum Gasteiger partial charge on any atom is 0.130 e. The van der Waals surface area contributed by atoms with Crippen molar-refractivity contribution in [3.8, 4) is 5.75 Å². The van der Waals surface area contributed by atoms with E-state index < -0.39 is 0 Å². The maximum atomic E-state index is 13.5. The molecule has 1 atom stereocenters. The fourth-order valence-corrected chi connectivity index (χ4v) is 1.93. The first-order valence-corrected chi connectivity index (χ1v) is 4.88. The number of rotatable bonds is 1. The number of nitrogens with one attached hydrogen (secondary N) is 1. The van der Waals surface area contributed by atoms with E-state index in [0.717, 1.165) is 30.6 Å². The predicted molar refractivity (Wildman–Crippen MR) is 53.0 cm³/mol. The molecule has 1 unspecified atom stereocenters. The molecule has 1 aromatic rings. The van der Waals surface area contributed by atoms with E-state index in [1.54, 1.807) is 13.0 Å². The molecule has 1 aliphatic heterocycles. The van der Waals surface area contributed by atoms with Gasteiger partial charge >= 0.3 is 0 Å². The van der Waals surface area contributed by atoms with Gasteiger partial charge in [-0.25, -0.2) is 4.39 Å². The van der Waals surface area contributed by atoms with Gasteiger partial charge in [-0.05, 0) is 37.1 Å². The van der Waals surface area contributed by atoms with E-state index in [0.29, 0.717) is 0 Å². The van der Waals surface area contributed by atoms with Gasteiger partial charge in [0.25, 0.3) is 0 Å². The molecule has 2 nitrogen and oxygen atoms in total. The minimum absolute atomic E-state index is 0.0391.